The first-order valence-corrected chi connectivity index (χ1v) is 3.58. The van der Waals surface area contributed by atoms with Crippen molar-refractivity contribution in [1.29, 1.82) is 0 Å². The fourth-order valence-electron chi connectivity index (χ4n) is 0.714. The molecule has 0 unspecified atom stereocenters. The summed E-state index contributed by atoms with van der Waals surface area (Å²) < 4.78 is 2.47. The zero-order valence-corrected chi connectivity index (χ0v) is 8.31. The molecule has 0 fully saturated rings. The van der Waals surface area contributed by atoms with Crippen LogP contribution >= 0.6 is 28.3 Å². The second-order valence-corrected chi connectivity index (χ2v) is 2.73. The molecule has 0 aliphatic heterocycles. The van der Waals surface area contributed by atoms with Gasteiger partial charge < -0.3 is 5.21 Å². The maximum atomic E-state index is 8.35. The van der Waals surface area contributed by atoms with Crippen molar-refractivity contribution in [2.75, 3.05) is 0 Å². The van der Waals surface area contributed by atoms with Gasteiger partial charge in [-0.2, -0.15) is 10.6 Å². The zero-order valence-electron chi connectivity index (χ0n) is 5.91. The lowest BCUT2D eigenvalue weighted by molar-refractivity contribution is 0.158. The molecule has 0 saturated heterocycles. The molecule has 0 atom stereocenters. The van der Waals surface area contributed by atoms with Crippen molar-refractivity contribution < 1.29 is 5.21 Å². The van der Waals surface area contributed by atoms with E-state index in [0.29, 0.717) is 6.54 Å². The number of hydrogen-bond acceptors (Lipinski definition) is 3. The molecule has 0 spiro atoms. The largest absolute Gasteiger partial charge is 0.316 e. The normalized spacial score (nSPS) is 9.36. The molecule has 0 amide bonds. The Morgan fingerprint density at radius 3 is 2.82 bits per heavy atom. The van der Waals surface area contributed by atoms with Crippen molar-refractivity contribution in [3.8, 4) is 0 Å². The first kappa shape index (κ1) is 10.9. The molecule has 0 saturated carbocycles. The third-order valence-electron chi connectivity index (χ3n) is 1.21. The third kappa shape index (κ3) is 2.78. The standard InChI is InChI=1S/C5H8BrN3O.ClH/c1-9-4(3-7-10)2-5(6)8-9;/h2,7,10H,3H2,1H3;1H. The number of aromatic nitrogens is 2. The van der Waals surface area contributed by atoms with Crippen LogP contribution in [-0.2, 0) is 13.6 Å². The summed E-state index contributed by atoms with van der Waals surface area (Å²) in [5.41, 5.74) is 2.98. The molecule has 2 N–H and O–H groups in total. The van der Waals surface area contributed by atoms with Gasteiger partial charge in [0.05, 0.1) is 12.2 Å². The van der Waals surface area contributed by atoms with Crippen LogP contribution < -0.4 is 5.48 Å². The van der Waals surface area contributed by atoms with E-state index in [1.807, 2.05) is 13.1 Å². The van der Waals surface area contributed by atoms with E-state index in [0.717, 1.165) is 10.3 Å². The van der Waals surface area contributed by atoms with Gasteiger partial charge in [-0.25, -0.2) is 0 Å². The third-order valence-corrected chi connectivity index (χ3v) is 1.59. The smallest absolute Gasteiger partial charge is 0.128 e. The van der Waals surface area contributed by atoms with Crippen LogP contribution in [0.1, 0.15) is 5.69 Å². The maximum Gasteiger partial charge on any atom is 0.128 e. The van der Waals surface area contributed by atoms with Gasteiger partial charge in [-0.05, 0) is 22.0 Å². The summed E-state index contributed by atoms with van der Waals surface area (Å²) in [6, 6.07) is 1.84. The minimum Gasteiger partial charge on any atom is -0.316 e. The molecule has 0 aliphatic rings. The van der Waals surface area contributed by atoms with Crippen molar-refractivity contribution >= 4 is 28.3 Å². The summed E-state index contributed by atoms with van der Waals surface area (Å²) in [4.78, 5) is 0. The summed E-state index contributed by atoms with van der Waals surface area (Å²) in [7, 11) is 1.82. The first-order valence-electron chi connectivity index (χ1n) is 2.79. The second kappa shape index (κ2) is 4.71. The number of nitrogens with one attached hydrogen (secondary N) is 1. The van der Waals surface area contributed by atoms with Crippen LogP contribution in [0.25, 0.3) is 0 Å². The Balaban J connectivity index is 0.000001000. The van der Waals surface area contributed by atoms with Gasteiger partial charge in [0.25, 0.3) is 0 Å². The molecular formula is C5H9BrClN3O. The van der Waals surface area contributed by atoms with Gasteiger partial charge in [0.2, 0.25) is 0 Å². The number of aryl methyl sites for hydroxylation is 1. The monoisotopic (exact) mass is 241 g/mol. The Morgan fingerprint density at radius 1 is 1.82 bits per heavy atom. The highest BCUT2D eigenvalue weighted by Crippen LogP contribution is 2.08. The topological polar surface area (TPSA) is 50.1 Å². The molecule has 0 aliphatic carbocycles. The SMILES string of the molecule is Cl.Cn1nc(Br)cc1CNO. The number of rotatable bonds is 2. The van der Waals surface area contributed by atoms with E-state index in [4.69, 9.17) is 5.21 Å². The molecule has 64 valence electrons. The molecule has 1 aromatic heterocycles. The van der Waals surface area contributed by atoms with Gasteiger partial charge in [-0.15, -0.1) is 12.4 Å². The van der Waals surface area contributed by atoms with E-state index in [1.165, 1.54) is 0 Å². The van der Waals surface area contributed by atoms with Crippen molar-refractivity contribution in [3.05, 3.63) is 16.4 Å². The molecule has 0 radical (unpaired) electrons. The molecular weight excluding hydrogens is 233 g/mol. The Hall–Kier alpha value is -0.100. The Morgan fingerprint density at radius 2 is 2.45 bits per heavy atom. The lowest BCUT2D eigenvalue weighted by Gasteiger charge is -1.96. The second-order valence-electron chi connectivity index (χ2n) is 1.92. The Bertz CT molecular complexity index is 228. The molecule has 1 heterocycles. The number of hydrogen-bond donors (Lipinski definition) is 2. The quantitative estimate of drug-likeness (QED) is 0.763. The van der Waals surface area contributed by atoms with Crippen LogP contribution in [-0.4, -0.2) is 15.0 Å². The molecule has 11 heavy (non-hydrogen) atoms. The van der Waals surface area contributed by atoms with Crippen LogP contribution in [0.3, 0.4) is 0 Å². The molecule has 1 aromatic rings. The summed E-state index contributed by atoms with van der Waals surface area (Å²) in [6.07, 6.45) is 0. The van der Waals surface area contributed by atoms with Gasteiger partial charge in [0.15, 0.2) is 0 Å². The van der Waals surface area contributed by atoms with Crippen LogP contribution in [0.2, 0.25) is 0 Å². The van der Waals surface area contributed by atoms with Crippen molar-refractivity contribution in [2.24, 2.45) is 7.05 Å². The average Bonchev–Trinajstić information content (AvgIpc) is 2.13. The van der Waals surface area contributed by atoms with Gasteiger partial charge >= 0.3 is 0 Å². The minimum atomic E-state index is 0. The van der Waals surface area contributed by atoms with Crippen molar-refractivity contribution in [1.82, 2.24) is 15.3 Å². The van der Waals surface area contributed by atoms with Gasteiger partial charge in [-0.3, -0.25) is 4.68 Å². The average molecular weight is 243 g/mol. The summed E-state index contributed by atoms with van der Waals surface area (Å²) >= 11 is 3.21. The predicted octanol–water partition coefficient (Wildman–Crippen LogP) is 1.08. The first-order chi connectivity index (χ1) is 4.74. The van der Waals surface area contributed by atoms with E-state index in [-0.39, 0.29) is 12.4 Å². The fourth-order valence-corrected chi connectivity index (χ4v) is 1.22. The summed E-state index contributed by atoms with van der Waals surface area (Å²) in [5.74, 6) is 0. The van der Waals surface area contributed by atoms with Crippen LogP contribution in [0.4, 0.5) is 0 Å². The molecule has 0 aromatic carbocycles. The Kier molecular flexibility index (Phi) is 4.67. The number of nitrogens with zero attached hydrogens (tertiary/aromatic N) is 2. The Labute approximate surface area is 79.1 Å². The molecule has 0 bridgehead atoms. The number of halogens is 2. The number of hydroxylamine groups is 1. The maximum absolute atomic E-state index is 8.35. The van der Waals surface area contributed by atoms with Crippen molar-refractivity contribution in [3.63, 3.8) is 0 Å². The minimum absolute atomic E-state index is 0. The highest BCUT2D eigenvalue weighted by Gasteiger charge is 1.99. The molecule has 1 rings (SSSR count). The van der Waals surface area contributed by atoms with E-state index in [2.05, 4.69) is 26.5 Å². The van der Waals surface area contributed by atoms with E-state index in [9.17, 15) is 0 Å². The van der Waals surface area contributed by atoms with Crippen LogP contribution in [0.5, 0.6) is 0 Å². The highest BCUT2D eigenvalue weighted by molar-refractivity contribution is 9.10. The van der Waals surface area contributed by atoms with Crippen LogP contribution in [0.15, 0.2) is 10.7 Å². The van der Waals surface area contributed by atoms with Gasteiger partial charge in [0, 0.05) is 7.05 Å². The summed E-state index contributed by atoms with van der Waals surface area (Å²) in [6.45, 7) is 0.412. The van der Waals surface area contributed by atoms with Crippen LogP contribution in [0, 0.1) is 0 Å². The van der Waals surface area contributed by atoms with Crippen molar-refractivity contribution in [2.45, 2.75) is 6.54 Å². The van der Waals surface area contributed by atoms with E-state index < -0.39 is 0 Å². The lowest BCUT2D eigenvalue weighted by Crippen LogP contribution is -2.10. The fraction of sp³-hybridized carbons (Fsp3) is 0.400. The van der Waals surface area contributed by atoms with Gasteiger partial charge in [0.1, 0.15) is 4.60 Å². The van der Waals surface area contributed by atoms with E-state index >= 15 is 0 Å². The summed E-state index contributed by atoms with van der Waals surface area (Å²) in [5, 5.41) is 12.4. The van der Waals surface area contributed by atoms with Gasteiger partial charge in [-0.1, -0.05) is 0 Å². The highest BCUT2D eigenvalue weighted by atomic mass is 79.9. The molecule has 4 nitrogen and oxygen atoms in total. The predicted molar refractivity (Wildman–Crippen MR) is 46.8 cm³/mol. The zero-order chi connectivity index (χ0) is 7.56. The molecule has 6 heteroatoms. The van der Waals surface area contributed by atoms with E-state index in [1.54, 1.807) is 4.68 Å². The lowest BCUT2D eigenvalue weighted by atomic mass is 10.4.